The summed E-state index contributed by atoms with van der Waals surface area (Å²) < 4.78 is 0. The Bertz CT molecular complexity index is 338. The van der Waals surface area contributed by atoms with Gasteiger partial charge in [-0.25, -0.2) is 9.97 Å². The maximum absolute atomic E-state index is 8.47. The third-order valence-corrected chi connectivity index (χ3v) is 1.20. The minimum atomic E-state index is -0.00148. The Morgan fingerprint density at radius 2 is 1.58 bits per heavy atom. The highest BCUT2D eigenvalue weighted by atomic mass is 15.0. The van der Waals surface area contributed by atoms with E-state index in [0.717, 1.165) is 0 Å². The van der Waals surface area contributed by atoms with E-state index in [2.05, 4.69) is 15.0 Å². The molecule has 0 saturated carbocycles. The van der Waals surface area contributed by atoms with E-state index in [-0.39, 0.29) is 11.6 Å². The zero-order valence-corrected chi connectivity index (χ0v) is 6.44. The van der Waals surface area contributed by atoms with Crippen LogP contribution in [0.5, 0.6) is 0 Å². The number of hydrogen-bond acceptors (Lipinski definition) is 5. The summed E-state index contributed by atoms with van der Waals surface area (Å²) in [6.45, 7) is 1.84. The van der Waals surface area contributed by atoms with Gasteiger partial charge in [-0.3, -0.25) is 0 Å². The van der Waals surface area contributed by atoms with E-state index >= 15 is 0 Å². The average Bonchev–Trinajstić information content (AvgIpc) is 2.16. The molecule has 0 amide bonds. The lowest BCUT2D eigenvalue weighted by Gasteiger charge is -1.94. The third kappa shape index (κ3) is 1.53. The molecule has 0 aliphatic rings. The lowest BCUT2D eigenvalue weighted by Crippen LogP contribution is -2.02. The fraction of sp³-hybridized carbons (Fsp3) is 0.286. The number of rotatable bonds is 1. The van der Waals surface area contributed by atoms with Crippen molar-refractivity contribution in [1.29, 1.82) is 10.5 Å². The summed E-state index contributed by atoms with van der Waals surface area (Å²) in [5, 5.41) is 16.9. The van der Waals surface area contributed by atoms with Crippen molar-refractivity contribution in [2.24, 2.45) is 0 Å². The topological polar surface area (TPSA) is 86.2 Å². The second-order valence-corrected chi connectivity index (χ2v) is 1.98. The van der Waals surface area contributed by atoms with Gasteiger partial charge in [0, 0.05) is 6.42 Å². The predicted octanol–water partition coefficient (Wildman–Crippen LogP) is 0.177. The normalized spacial score (nSPS) is 8.58. The van der Waals surface area contributed by atoms with Crippen LogP contribution in [-0.4, -0.2) is 15.0 Å². The summed E-state index contributed by atoms with van der Waals surface area (Å²) in [6.07, 6.45) is 0.589. The molecule has 58 valence electrons. The van der Waals surface area contributed by atoms with Crippen molar-refractivity contribution in [3.05, 3.63) is 17.5 Å². The van der Waals surface area contributed by atoms with Crippen LogP contribution in [0, 0.1) is 22.7 Å². The summed E-state index contributed by atoms with van der Waals surface area (Å²) >= 11 is 0. The van der Waals surface area contributed by atoms with Gasteiger partial charge in [0.1, 0.15) is 18.0 Å². The van der Waals surface area contributed by atoms with Crippen LogP contribution in [0.2, 0.25) is 0 Å². The summed E-state index contributed by atoms with van der Waals surface area (Å²) in [5.41, 5.74) is 0. The average molecular weight is 159 g/mol. The second-order valence-electron chi connectivity index (χ2n) is 1.98. The molecule has 0 aromatic carbocycles. The SMILES string of the molecule is CCc1nc(C#N)nc(C#N)n1. The first-order valence-electron chi connectivity index (χ1n) is 3.35. The number of nitrogens with zero attached hydrogens (tertiary/aromatic N) is 5. The van der Waals surface area contributed by atoms with E-state index < -0.39 is 0 Å². The Morgan fingerprint density at radius 1 is 1.08 bits per heavy atom. The van der Waals surface area contributed by atoms with Gasteiger partial charge in [0.2, 0.25) is 11.6 Å². The van der Waals surface area contributed by atoms with Gasteiger partial charge in [-0.1, -0.05) is 6.92 Å². The van der Waals surface area contributed by atoms with Crippen LogP contribution in [0.1, 0.15) is 24.4 Å². The highest BCUT2D eigenvalue weighted by Crippen LogP contribution is 1.94. The van der Waals surface area contributed by atoms with Gasteiger partial charge >= 0.3 is 0 Å². The summed E-state index contributed by atoms with van der Waals surface area (Å²) in [5.74, 6) is 0.468. The van der Waals surface area contributed by atoms with Gasteiger partial charge in [-0.15, -0.1) is 0 Å². The molecule has 1 aromatic rings. The van der Waals surface area contributed by atoms with Gasteiger partial charge in [0.05, 0.1) is 0 Å². The maximum atomic E-state index is 8.47. The third-order valence-electron chi connectivity index (χ3n) is 1.20. The molecule has 5 heteroatoms. The van der Waals surface area contributed by atoms with E-state index in [4.69, 9.17) is 10.5 Å². The Balaban J connectivity index is 3.24. The Morgan fingerprint density at radius 3 is 1.92 bits per heavy atom. The number of aromatic nitrogens is 3. The zero-order chi connectivity index (χ0) is 8.97. The van der Waals surface area contributed by atoms with E-state index in [1.54, 1.807) is 12.1 Å². The standard InChI is InChI=1S/C7H5N5/c1-2-5-10-6(3-8)12-7(4-9)11-5/h2H2,1H3. The molecule has 0 unspecified atom stereocenters. The van der Waals surface area contributed by atoms with E-state index in [1.807, 2.05) is 6.92 Å². The largest absolute Gasteiger partial charge is 0.236 e. The summed E-state index contributed by atoms with van der Waals surface area (Å²) in [7, 11) is 0. The van der Waals surface area contributed by atoms with E-state index in [9.17, 15) is 0 Å². The van der Waals surface area contributed by atoms with Crippen molar-refractivity contribution in [1.82, 2.24) is 15.0 Å². The van der Waals surface area contributed by atoms with Gasteiger partial charge < -0.3 is 0 Å². The number of nitriles is 2. The highest BCUT2D eigenvalue weighted by Gasteiger charge is 2.02. The van der Waals surface area contributed by atoms with Gasteiger partial charge in [0.25, 0.3) is 0 Å². The monoisotopic (exact) mass is 159 g/mol. The van der Waals surface area contributed by atoms with Crippen LogP contribution >= 0.6 is 0 Å². The van der Waals surface area contributed by atoms with Crippen molar-refractivity contribution in [2.75, 3.05) is 0 Å². The first kappa shape index (κ1) is 8.09. The van der Waals surface area contributed by atoms with Crippen LogP contribution in [0.4, 0.5) is 0 Å². The van der Waals surface area contributed by atoms with Crippen LogP contribution in [0.3, 0.4) is 0 Å². The van der Waals surface area contributed by atoms with Crippen molar-refractivity contribution >= 4 is 0 Å². The summed E-state index contributed by atoms with van der Waals surface area (Å²) in [4.78, 5) is 11.1. The Labute approximate surface area is 69.3 Å². The molecular formula is C7H5N5. The predicted molar refractivity (Wildman–Crippen MR) is 38.6 cm³/mol. The van der Waals surface area contributed by atoms with E-state index in [0.29, 0.717) is 12.2 Å². The molecule has 0 aliphatic heterocycles. The minimum absolute atomic E-state index is 0.00148. The smallest absolute Gasteiger partial charge is 0.204 e. The van der Waals surface area contributed by atoms with Crippen LogP contribution in [0.15, 0.2) is 0 Å². The van der Waals surface area contributed by atoms with Crippen LogP contribution in [-0.2, 0) is 6.42 Å². The van der Waals surface area contributed by atoms with Gasteiger partial charge in [0.15, 0.2) is 0 Å². The summed E-state index contributed by atoms with van der Waals surface area (Å²) in [6, 6.07) is 3.53. The van der Waals surface area contributed by atoms with Crippen molar-refractivity contribution < 1.29 is 0 Å². The molecule has 0 fully saturated rings. The number of aryl methyl sites for hydroxylation is 1. The maximum Gasteiger partial charge on any atom is 0.236 e. The molecule has 0 bridgehead atoms. The molecule has 12 heavy (non-hydrogen) atoms. The highest BCUT2D eigenvalue weighted by molar-refractivity contribution is 5.17. The van der Waals surface area contributed by atoms with Crippen molar-refractivity contribution in [3.63, 3.8) is 0 Å². The zero-order valence-electron chi connectivity index (χ0n) is 6.44. The fourth-order valence-electron chi connectivity index (χ4n) is 0.678. The van der Waals surface area contributed by atoms with Crippen molar-refractivity contribution in [3.8, 4) is 12.1 Å². The molecule has 0 radical (unpaired) electrons. The number of hydrogen-bond donors (Lipinski definition) is 0. The first-order valence-corrected chi connectivity index (χ1v) is 3.35. The fourth-order valence-corrected chi connectivity index (χ4v) is 0.678. The minimum Gasteiger partial charge on any atom is -0.204 e. The second kappa shape index (κ2) is 3.40. The molecule has 5 nitrogen and oxygen atoms in total. The van der Waals surface area contributed by atoms with Gasteiger partial charge in [-0.2, -0.15) is 15.5 Å². The Hall–Kier alpha value is -2.01. The van der Waals surface area contributed by atoms with E-state index in [1.165, 1.54) is 0 Å². The molecule has 1 heterocycles. The molecule has 0 spiro atoms. The molecule has 0 saturated heterocycles. The lowest BCUT2D eigenvalue weighted by molar-refractivity contribution is 0.868. The molecular weight excluding hydrogens is 154 g/mol. The molecule has 0 N–H and O–H groups in total. The Kier molecular flexibility index (Phi) is 2.29. The molecule has 0 aliphatic carbocycles. The van der Waals surface area contributed by atoms with Gasteiger partial charge in [-0.05, 0) is 0 Å². The first-order chi connectivity index (χ1) is 5.80. The quantitative estimate of drug-likeness (QED) is 0.583. The molecule has 1 aromatic heterocycles. The molecule has 1 rings (SSSR count). The molecule has 0 atom stereocenters. The van der Waals surface area contributed by atoms with Crippen LogP contribution in [0.25, 0.3) is 0 Å². The van der Waals surface area contributed by atoms with Crippen molar-refractivity contribution in [2.45, 2.75) is 13.3 Å². The lowest BCUT2D eigenvalue weighted by atomic mass is 10.4. The van der Waals surface area contributed by atoms with Crippen LogP contribution < -0.4 is 0 Å².